The number of ether oxygens (including phenoxy) is 2. The molecule has 0 aliphatic carbocycles. The predicted octanol–water partition coefficient (Wildman–Crippen LogP) is 3.95. The summed E-state index contributed by atoms with van der Waals surface area (Å²) < 4.78 is 9.96. The summed E-state index contributed by atoms with van der Waals surface area (Å²) in [5.41, 5.74) is 9.92. The van der Waals surface area contributed by atoms with E-state index in [2.05, 4.69) is 21.0 Å². The van der Waals surface area contributed by atoms with Crippen molar-refractivity contribution in [2.75, 3.05) is 13.7 Å². The molecule has 270 valence electrons. The third kappa shape index (κ3) is 12.1. The second kappa shape index (κ2) is 17.6. The number of amides is 4. The molecule has 3 rings (SSSR count). The molecule has 0 spiro atoms. The fourth-order valence-electron chi connectivity index (χ4n) is 5.26. The van der Waals surface area contributed by atoms with Gasteiger partial charge in [-0.1, -0.05) is 102 Å². The number of hydrogen-bond acceptors (Lipinski definition) is 9. The van der Waals surface area contributed by atoms with E-state index in [-0.39, 0.29) is 19.5 Å². The van der Waals surface area contributed by atoms with E-state index < -0.39 is 59.1 Å². The molecule has 0 radical (unpaired) electrons. The molecule has 0 fully saturated rings. The number of nitrogens with zero attached hydrogens (tertiary/aromatic N) is 2. The number of primary amides is 1. The molecule has 13 heteroatoms. The van der Waals surface area contributed by atoms with E-state index in [4.69, 9.17) is 15.2 Å². The monoisotopic (exact) mass is 690 g/mol. The standard InChI is InChI=1S/C37H50N6O7/c1-36(2,3)30(41-35(48)49-7)32(45)40-28(21-24-13-9-8-10-14-24)29(44)23-43(42-33(46)31(37(4,5)6)50-34(38)47)22-25-16-18-26(19-17-25)27-15-11-12-20-39-27/h8-20,28-31,44H,21-23H2,1-7H3,(H2,38,47)(H,40,45)(H,41,48)(H,42,46)/t28-,29-,30+,31+/m0/s1. The number of hydrogen-bond donors (Lipinski definition) is 5. The summed E-state index contributed by atoms with van der Waals surface area (Å²) in [6, 6.07) is 20.7. The summed E-state index contributed by atoms with van der Waals surface area (Å²) in [6.45, 7) is 10.6. The van der Waals surface area contributed by atoms with Gasteiger partial charge in [-0.2, -0.15) is 0 Å². The van der Waals surface area contributed by atoms with Gasteiger partial charge in [-0.3, -0.25) is 20.0 Å². The van der Waals surface area contributed by atoms with Crippen molar-refractivity contribution in [2.45, 2.75) is 78.8 Å². The maximum atomic E-state index is 13.7. The molecule has 3 aromatic rings. The summed E-state index contributed by atoms with van der Waals surface area (Å²) in [6.07, 6.45) is -2.41. The van der Waals surface area contributed by atoms with Gasteiger partial charge in [0.15, 0.2) is 6.10 Å². The maximum Gasteiger partial charge on any atom is 0.407 e. The number of carbonyl (C=O) groups excluding carboxylic acids is 4. The number of rotatable bonds is 14. The Kier molecular flexibility index (Phi) is 13.9. The third-order valence-electron chi connectivity index (χ3n) is 7.89. The highest BCUT2D eigenvalue weighted by Crippen LogP contribution is 2.24. The molecule has 13 nitrogen and oxygen atoms in total. The van der Waals surface area contributed by atoms with Crippen LogP contribution in [0.1, 0.15) is 52.7 Å². The van der Waals surface area contributed by atoms with Gasteiger partial charge in [0.25, 0.3) is 5.91 Å². The number of hydrazine groups is 1. The second-order valence-corrected chi connectivity index (χ2v) is 14.3. The zero-order chi connectivity index (χ0) is 37.1. The maximum absolute atomic E-state index is 13.7. The van der Waals surface area contributed by atoms with Crippen LogP contribution < -0.4 is 21.8 Å². The first-order valence-electron chi connectivity index (χ1n) is 16.4. The van der Waals surface area contributed by atoms with Crippen LogP contribution in [0.2, 0.25) is 0 Å². The van der Waals surface area contributed by atoms with Crippen LogP contribution in [-0.4, -0.2) is 77.0 Å². The van der Waals surface area contributed by atoms with Gasteiger partial charge in [0, 0.05) is 30.3 Å². The van der Waals surface area contributed by atoms with Crippen molar-refractivity contribution in [1.82, 2.24) is 26.1 Å². The molecule has 4 amide bonds. The molecular weight excluding hydrogens is 640 g/mol. The predicted molar refractivity (Wildman–Crippen MR) is 189 cm³/mol. The van der Waals surface area contributed by atoms with Crippen molar-refractivity contribution in [2.24, 2.45) is 16.6 Å². The number of nitrogens with one attached hydrogen (secondary N) is 3. The van der Waals surface area contributed by atoms with Gasteiger partial charge >= 0.3 is 12.2 Å². The van der Waals surface area contributed by atoms with E-state index in [1.165, 1.54) is 12.1 Å². The van der Waals surface area contributed by atoms with Gasteiger partial charge in [-0.05, 0) is 35.1 Å². The van der Waals surface area contributed by atoms with Crippen molar-refractivity contribution in [3.63, 3.8) is 0 Å². The van der Waals surface area contributed by atoms with Crippen molar-refractivity contribution >= 4 is 24.0 Å². The summed E-state index contributed by atoms with van der Waals surface area (Å²) >= 11 is 0. The molecule has 50 heavy (non-hydrogen) atoms. The van der Waals surface area contributed by atoms with Crippen LogP contribution >= 0.6 is 0 Å². The average Bonchev–Trinajstić information content (AvgIpc) is 3.05. The zero-order valence-electron chi connectivity index (χ0n) is 29.8. The van der Waals surface area contributed by atoms with Gasteiger partial charge in [0.05, 0.1) is 24.9 Å². The Morgan fingerprint density at radius 3 is 2.02 bits per heavy atom. The van der Waals surface area contributed by atoms with Crippen LogP contribution in [0.15, 0.2) is 79.0 Å². The highest BCUT2D eigenvalue weighted by Gasteiger charge is 2.38. The first kappa shape index (κ1) is 39.4. The number of aliphatic hydroxyl groups excluding tert-OH is 1. The van der Waals surface area contributed by atoms with E-state index in [1.54, 1.807) is 47.7 Å². The largest absolute Gasteiger partial charge is 0.453 e. The Labute approximate surface area is 293 Å². The number of aromatic nitrogens is 1. The van der Waals surface area contributed by atoms with Crippen LogP contribution in [0, 0.1) is 10.8 Å². The number of methoxy groups -OCH3 is 1. The van der Waals surface area contributed by atoms with Crippen LogP contribution in [0.4, 0.5) is 9.59 Å². The lowest BCUT2D eigenvalue weighted by atomic mass is 9.85. The van der Waals surface area contributed by atoms with Crippen LogP contribution in [-0.2, 0) is 32.0 Å². The average molecular weight is 691 g/mol. The molecule has 4 atom stereocenters. The first-order valence-corrected chi connectivity index (χ1v) is 16.4. The molecule has 0 aliphatic heterocycles. The van der Waals surface area contributed by atoms with Gasteiger partial charge in [0.2, 0.25) is 5.91 Å². The summed E-state index contributed by atoms with van der Waals surface area (Å²) in [5, 5.41) is 18.8. The van der Waals surface area contributed by atoms with E-state index in [0.717, 1.165) is 22.4 Å². The van der Waals surface area contributed by atoms with E-state index >= 15 is 0 Å². The third-order valence-corrected chi connectivity index (χ3v) is 7.89. The fourth-order valence-corrected chi connectivity index (χ4v) is 5.26. The minimum absolute atomic E-state index is 0.138. The van der Waals surface area contributed by atoms with Crippen LogP contribution in [0.5, 0.6) is 0 Å². The van der Waals surface area contributed by atoms with Crippen molar-refractivity contribution in [3.05, 3.63) is 90.1 Å². The molecule has 2 aromatic carbocycles. The Morgan fingerprint density at radius 1 is 0.840 bits per heavy atom. The van der Waals surface area contributed by atoms with Crippen LogP contribution in [0.25, 0.3) is 11.3 Å². The van der Waals surface area contributed by atoms with E-state index in [1.807, 2.05) is 72.8 Å². The molecule has 0 unspecified atom stereocenters. The minimum atomic E-state index is -1.25. The minimum Gasteiger partial charge on any atom is -0.453 e. The van der Waals surface area contributed by atoms with Gasteiger partial charge in [-0.15, -0.1) is 0 Å². The Hall–Kier alpha value is -5.01. The molecule has 0 saturated carbocycles. The smallest absolute Gasteiger partial charge is 0.407 e. The number of carbonyl (C=O) groups is 4. The normalized spacial score (nSPS) is 14.1. The zero-order valence-corrected chi connectivity index (χ0v) is 29.8. The lowest BCUT2D eigenvalue weighted by Crippen LogP contribution is -2.59. The summed E-state index contributed by atoms with van der Waals surface area (Å²) in [7, 11) is 1.21. The quantitative estimate of drug-likeness (QED) is 0.156. The molecular formula is C37H50N6O7. The molecule has 0 aliphatic rings. The van der Waals surface area contributed by atoms with Gasteiger partial charge in [-0.25, -0.2) is 14.6 Å². The fraction of sp³-hybridized carbons (Fsp3) is 0.432. The molecule has 0 bridgehead atoms. The van der Waals surface area contributed by atoms with Gasteiger partial charge < -0.3 is 30.9 Å². The van der Waals surface area contributed by atoms with Crippen molar-refractivity contribution in [3.8, 4) is 11.3 Å². The number of benzene rings is 2. The molecule has 0 saturated heterocycles. The SMILES string of the molecule is COC(=O)N[C@H](C(=O)N[C@@H](Cc1ccccc1)[C@@H](O)CN(Cc1ccc(-c2ccccn2)cc1)NC(=O)[C@@H](OC(N)=O)C(C)(C)C)C(C)(C)C. The van der Waals surface area contributed by atoms with Gasteiger partial charge in [0.1, 0.15) is 6.04 Å². The lowest BCUT2D eigenvalue weighted by Gasteiger charge is -2.35. The summed E-state index contributed by atoms with van der Waals surface area (Å²) in [4.78, 5) is 55.6. The Bertz CT molecular complexity index is 1560. The molecule has 1 aromatic heterocycles. The number of aliphatic hydroxyl groups is 1. The number of nitrogens with two attached hydrogens (primary N) is 1. The first-order chi connectivity index (χ1) is 23.5. The highest BCUT2D eigenvalue weighted by molar-refractivity contribution is 5.86. The van der Waals surface area contributed by atoms with Crippen LogP contribution in [0.3, 0.4) is 0 Å². The van der Waals surface area contributed by atoms with Crippen molar-refractivity contribution < 1.29 is 33.8 Å². The van der Waals surface area contributed by atoms with E-state index in [9.17, 15) is 24.3 Å². The Morgan fingerprint density at radius 2 is 1.48 bits per heavy atom. The molecule has 6 N–H and O–H groups in total. The second-order valence-electron chi connectivity index (χ2n) is 14.3. The van der Waals surface area contributed by atoms with E-state index in [0.29, 0.717) is 0 Å². The number of pyridine rings is 1. The Balaban J connectivity index is 1.95. The molecule has 1 heterocycles. The van der Waals surface area contributed by atoms with Crippen molar-refractivity contribution in [1.29, 1.82) is 0 Å². The lowest BCUT2D eigenvalue weighted by molar-refractivity contribution is -0.141. The highest BCUT2D eigenvalue weighted by atomic mass is 16.6. The topological polar surface area (TPSA) is 185 Å². The number of alkyl carbamates (subject to hydrolysis) is 1. The summed E-state index contributed by atoms with van der Waals surface area (Å²) in [5.74, 6) is -1.17.